The number of nitrogens with zero attached hydrogens (tertiary/aromatic N) is 2. The first-order valence-corrected chi connectivity index (χ1v) is 8.09. The third-order valence-corrected chi connectivity index (χ3v) is 5.17. The van der Waals surface area contributed by atoms with Gasteiger partial charge in [-0.05, 0) is 35.1 Å². The Morgan fingerprint density at radius 3 is 3.00 bits per heavy atom. The third-order valence-electron chi connectivity index (χ3n) is 3.45. The van der Waals surface area contributed by atoms with Gasteiger partial charge < -0.3 is 9.47 Å². The fourth-order valence-electron chi connectivity index (χ4n) is 2.48. The molecule has 2 aromatic rings. The number of fused-ring (bicyclic) bond motifs is 1. The second kappa shape index (κ2) is 6.46. The molecular weight excluding hydrogens is 403 g/mol. The van der Waals surface area contributed by atoms with Crippen molar-refractivity contribution in [1.82, 2.24) is 9.97 Å². The molecule has 1 aliphatic rings. The molecule has 1 atom stereocenters. The van der Waals surface area contributed by atoms with E-state index in [9.17, 15) is 0 Å². The molecule has 3 rings (SSSR count). The molecule has 0 fully saturated rings. The van der Waals surface area contributed by atoms with Crippen LogP contribution in [0.15, 0.2) is 24.3 Å². The number of aromatic nitrogens is 2. The van der Waals surface area contributed by atoms with Gasteiger partial charge in [0.2, 0.25) is 0 Å². The number of hydrogen-bond donors (Lipinski definition) is 0. The predicted octanol–water partition coefficient (Wildman–Crippen LogP) is 3.80. The van der Waals surface area contributed by atoms with Crippen molar-refractivity contribution in [3.05, 3.63) is 50.1 Å². The summed E-state index contributed by atoms with van der Waals surface area (Å²) in [4.78, 5) is 9.14. The smallest absolute Gasteiger partial charge is 0.146 e. The van der Waals surface area contributed by atoms with Crippen LogP contribution in [-0.2, 0) is 11.3 Å². The zero-order valence-electron chi connectivity index (χ0n) is 11.5. The van der Waals surface area contributed by atoms with Crippen molar-refractivity contribution in [2.45, 2.75) is 18.9 Å². The largest absolute Gasteiger partial charge is 0.493 e. The standard InChI is InChI=1S/C15H14ClIN2O2/c1-20-8-11-13(17)14(16)19-15(18-11)10-6-7-21-12-5-3-2-4-9(10)12/h2-5,10H,6-8H2,1H3. The lowest BCUT2D eigenvalue weighted by Gasteiger charge is -2.25. The fourth-order valence-corrected chi connectivity index (χ4v) is 3.07. The highest BCUT2D eigenvalue weighted by molar-refractivity contribution is 14.1. The van der Waals surface area contributed by atoms with E-state index < -0.39 is 0 Å². The van der Waals surface area contributed by atoms with Gasteiger partial charge in [0, 0.05) is 12.7 Å². The first-order valence-electron chi connectivity index (χ1n) is 6.63. The van der Waals surface area contributed by atoms with E-state index in [4.69, 9.17) is 21.1 Å². The second-order valence-electron chi connectivity index (χ2n) is 4.79. The van der Waals surface area contributed by atoms with Crippen molar-refractivity contribution >= 4 is 34.2 Å². The molecular formula is C15H14ClIN2O2. The summed E-state index contributed by atoms with van der Waals surface area (Å²) in [6.45, 7) is 1.09. The van der Waals surface area contributed by atoms with Gasteiger partial charge in [-0.15, -0.1) is 0 Å². The van der Waals surface area contributed by atoms with Crippen LogP contribution >= 0.6 is 34.2 Å². The number of para-hydroxylation sites is 1. The molecule has 0 radical (unpaired) electrons. The fraction of sp³-hybridized carbons (Fsp3) is 0.333. The number of rotatable bonds is 3. The van der Waals surface area contributed by atoms with Crippen molar-refractivity contribution in [3.63, 3.8) is 0 Å². The van der Waals surface area contributed by atoms with Crippen molar-refractivity contribution in [2.24, 2.45) is 0 Å². The van der Waals surface area contributed by atoms with Crippen LogP contribution in [0.5, 0.6) is 5.75 Å². The summed E-state index contributed by atoms with van der Waals surface area (Å²) in [6, 6.07) is 8.01. The summed E-state index contributed by atoms with van der Waals surface area (Å²) >= 11 is 8.41. The minimum Gasteiger partial charge on any atom is -0.493 e. The van der Waals surface area contributed by atoms with Gasteiger partial charge >= 0.3 is 0 Å². The Morgan fingerprint density at radius 2 is 2.19 bits per heavy atom. The van der Waals surface area contributed by atoms with Gasteiger partial charge in [0.15, 0.2) is 0 Å². The highest BCUT2D eigenvalue weighted by Gasteiger charge is 2.26. The normalized spacial score (nSPS) is 17.2. The molecule has 0 aliphatic carbocycles. The molecule has 110 valence electrons. The van der Waals surface area contributed by atoms with Crippen LogP contribution in [0, 0.1) is 3.57 Å². The molecule has 1 aliphatic heterocycles. The maximum absolute atomic E-state index is 6.26. The van der Waals surface area contributed by atoms with E-state index in [1.807, 2.05) is 18.2 Å². The number of ether oxygens (including phenoxy) is 2. The highest BCUT2D eigenvalue weighted by atomic mass is 127. The quantitative estimate of drug-likeness (QED) is 0.564. The van der Waals surface area contributed by atoms with Gasteiger partial charge in [0.25, 0.3) is 0 Å². The lowest BCUT2D eigenvalue weighted by Crippen LogP contribution is -2.18. The Hall–Kier alpha value is -0.920. The van der Waals surface area contributed by atoms with Crippen LogP contribution in [0.25, 0.3) is 0 Å². The summed E-state index contributed by atoms with van der Waals surface area (Å²) in [7, 11) is 1.65. The molecule has 2 heterocycles. The molecule has 1 aromatic carbocycles. The number of halogens is 2. The topological polar surface area (TPSA) is 44.2 Å². The highest BCUT2D eigenvalue weighted by Crippen LogP contribution is 2.37. The average Bonchev–Trinajstić information content (AvgIpc) is 2.51. The van der Waals surface area contributed by atoms with E-state index in [1.54, 1.807) is 7.11 Å². The van der Waals surface area contributed by atoms with Crippen LogP contribution in [0.4, 0.5) is 0 Å². The van der Waals surface area contributed by atoms with Crippen LogP contribution in [-0.4, -0.2) is 23.7 Å². The van der Waals surface area contributed by atoms with E-state index in [-0.39, 0.29) is 5.92 Å². The summed E-state index contributed by atoms with van der Waals surface area (Å²) in [5.41, 5.74) is 1.95. The molecule has 0 saturated heterocycles. The Balaban J connectivity index is 2.05. The number of benzene rings is 1. The van der Waals surface area contributed by atoms with E-state index >= 15 is 0 Å². The van der Waals surface area contributed by atoms with E-state index in [0.29, 0.717) is 18.4 Å². The van der Waals surface area contributed by atoms with Crippen LogP contribution in [0.3, 0.4) is 0 Å². The number of hydrogen-bond acceptors (Lipinski definition) is 4. The van der Waals surface area contributed by atoms with Gasteiger partial charge in [-0.3, -0.25) is 0 Å². The molecule has 4 nitrogen and oxygen atoms in total. The zero-order chi connectivity index (χ0) is 14.8. The molecule has 0 N–H and O–H groups in total. The maximum atomic E-state index is 6.26. The van der Waals surface area contributed by atoms with Gasteiger partial charge in [0.1, 0.15) is 16.7 Å². The second-order valence-corrected chi connectivity index (χ2v) is 6.23. The van der Waals surface area contributed by atoms with E-state index in [0.717, 1.165) is 32.8 Å². The first-order chi connectivity index (χ1) is 10.2. The summed E-state index contributed by atoms with van der Waals surface area (Å²) < 4.78 is 11.7. The molecule has 1 unspecified atom stereocenters. The molecule has 0 spiro atoms. The van der Waals surface area contributed by atoms with Crippen LogP contribution in [0.1, 0.15) is 29.4 Å². The van der Waals surface area contributed by atoms with Gasteiger partial charge in [-0.25, -0.2) is 9.97 Å². The van der Waals surface area contributed by atoms with Crippen molar-refractivity contribution < 1.29 is 9.47 Å². The maximum Gasteiger partial charge on any atom is 0.146 e. The molecule has 0 amide bonds. The average molecular weight is 417 g/mol. The van der Waals surface area contributed by atoms with Crippen LogP contribution < -0.4 is 4.74 Å². The predicted molar refractivity (Wildman–Crippen MR) is 88.9 cm³/mol. The van der Waals surface area contributed by atoms with E-state index in [1.165, 1.54) is 0 Å². The first kappa shape index (κ1) is 15.0. The Bertz CT molecular complexity index is 666. The van der Waals surface area contributed by atoms with Gasteiger partial charge in [-0.1, -0.05) is 29.8 Å². The molecule has 21 heavy (non-hydrogen) atoms. The summed E-state index contributed by atoms with van der Waals surface area (Å²) in [5.74, 6) is 1.75. The Morgan fingerprint density at radius 1 is 1.38 bits per heavy atom. The SMILES string of the molecule is COCc1nc(C2CCOc3ccccc32)nc(Cl)c1I. The molecule has 0 bridgehead atoms. The molecule has 1 aromatic heterocycles. The van der Waals surface area contributed by atoms with E-state index in [2.05, 4.69) is 38.6 Å². The zero-order valence-corrected chi connectivity index (χ0v) is 14.4. The van der Waals surface area contributed by atoms with Crippen LogP contribution in [0.2, 0.25) is 5.15 Å². The Kier molecular flexibility index (Phi) is 4.61. The third kappa shape index (κ3) is 3.00. The summed E-state index contributed by atoms with van der Waals surface area (Å²) in [6.07, 6.45) is 0.848. The van der Waals surface area contributed by atoms with Crippen molar-refractivity contribution in [2.75, 3.05) is 13.7 Å². The van der Waals surface area contributed by atoms with Gasteiger partial charge in [0.05, 0.1) is 28.4 Å². The molecule has 0 saturated carbocycles. The lowest BCUT2D eigenvalue weighted by atomic mass is 9.92. The monoisotopic (exact) mass is 416 g/mol. The molecule has 6 heteroatoms. The lowest BCUT2D eigenvalue weighted by molar-refractivity contribution is 0.180. The van der Waals surface area contributed by atoms with Crippen molar-refractivity contribution in [1.29, 1.82) is 0 Å². The minimum atomic E-state index is 0.111. The Labute approximate surface area is 142 Å². The van der Waals surface area contributed by atoms with Crippen molar-refractivity contribution in [3.8, 4) is 5.75 Å². The van der Waals surface area contributed by atoms with Gasteiger partial charge in [-0.2, -0.15) is 0 Å². The minimum absolute atomic E-state index is 0.111. The summed E-state index contributed by atoms with van der Waals surface area (Å²) in [5, 5.41) is 0.483. The number of methoxy groups -OCH3 is 1.